The first kappa shape index (κ1) is 22.1. The Labute approximate surface area is 183 Å². The Hall–Kier alpha value is -3.07. The molecule has 4 rings (SSSR count). The average Bonchev–Trinajstić information content (AvgIpc) is 3.44. The second kappa shape index (κ2) is 8.12. The van der Waals surface area contributed by atoms with Crippen LogP contribution in [0.25, 0.3) is 0 Å². The van der Waals surface area contributed by atoms with E-state index in [-0.39, 0.29) is 35.6 Å². The van der Waals surface area contributed by atoms with Gasteiger partial charge in [-0.25, -0.2) is 8.78 Å². The number of fused-ring (bicyclic) bond motifs is 2. The highest BCUT2D eigenvalue weighted by molar-refractivity contribution is 6.00. The predicted molar refractivity (Wildman–Crippen MR) is 111 cm³/mol. The first-order chi connectivity index (χ1) is 15.2. The monoisotopic (exact) mass is 446 g/mol. The second-order valence-electron chi connectivity index (χ2n) is 8.38. The van der Waals surface area contributed by atoms with Gasteiger partial charge in [-0.3, -0.25) is 14.4 Å². The maximum absolute atomic E-state index is 13.9. The fraction of sp³-hybridized carbons (Fsp3) is 0.435. The van der Waals surface area contributed by atoms with Crippen molar-refractivity contribution < 1.29 is 28.2 Å². The molecule has 1 aromatic carbocycles. The summed E-state index contributed by atoms with van der Waals surface area (Å²) in [6.45, 7) is 3.06. The molecule has 7 nitrogen and oxygen atoms in total. The molecule has 1 saturated carbocycles. The fourth-order valence-corrected chi connectivity index (χ4v) is 4.62. The number of aryl methyl sites for hydroxylation is 1. The quantitative estimate of drug-likeness (QED) is 0.661. The smallest absolute Gasteiger partial charge is 0.274 e. The number of carbonyl (C=O) groups is 2. The highest BCUT2D eigenvalue weighted by Gasteiger charge is 2.60. The number of likely N-dealkylation sites (N-methyl/N-ethyl adjacent to an activating group) is 1. The zero-order chi connectivity index (χ0) is 23.2. The lowest BCUT2D eigenvalue weighted by Gasteiger charge is -2.37. The zero-order valence-electron chi connectivity index (χ0n) is 17.9. The third kappa shape index (κ3) is 3.50. The molecule has 1 aromatic heterocycles. The van der Waals surface area contributed by atoms with E-state index in [1.54, 1.807) is 16.6 Å². The maximum atomic E-state index is 13.9. The molecule has 1 spiro atoms. The summed E-state index contributed by atoms with van der Waals surface area (Å²) in [6.07, 6.45) is 1.78. The van der Waals surface area contributed by atoms with E-state index < -0.39 is 40.0 Å². The molecule has 1 aliphatic heterocycles. The van der Waals surface area contributed by atoms with Crippen molar-refractivity contribution in [2.75, 3.05) is 26.8 Å². The second-order valence-corrected chi connectivity index (χ2v) is 8.38. The van der Waals surface area contributed by atoms with E-state index in [1.807, 2.05) is 6.92 Å². The normalized spacial score (nSPS) is 21.7. The van der Waals surface area contributed by atoms with E-state index in [2.05, 4.69) is 0 Å². The molecule has 2 aromatic rings. The van der Waals surface area contributed by atoms with Crippen LogP contribution in [0.5, 0.6) is 5.75 Å². The van der Waals surface area contributed by atoms with Gasteiger partial charge in [0.2, 0.25) is 5.43 Å². The fourth-order valence-electron chi connectivity index (χ4n) is 4.62. The Bertz CT molecular complexity index is 1160. The molecule has 170 valence electrons. The summed E-state index contributed by atoms with van der Waals surface area (Å²) in [7, 11) is 1.57. The lowest BCUT2D eigenvalue weighted by Crippen LogP contribution is -2.49. The minimum atomic E-state index is -0.925. The minimum absolute atomic E-state index is 0.0348. The van der Waals surface area contributed by atoms with Gasteiger partial charge in [-0.1, -0.05) is 6.07 Å². The number of pyridine rings is 1. The molecule has 1 N–H and O–H groups in total. The standard InChI is InChI=1S/C23H24F2N2O5/c1-3-26-12-23(9-14(23)11-32-2)27-10-16(20(29)21(30)19(27)22(26)31)18(28)7-5-13-4-6-15(24)8-17(13)25/h4,6,8,10,14,30H,3,5,7,9,11-12H2,1-2H3/t14-,23-/m0/s1. The average molecular weight is 446 g/mol. The number of carbonyl (C=O) groups excluding carboxylic acids is 2. The van der Waals surface area contributed by atoms with E-state index in [0.29, 0.717) is 26.1 Å². The van der Waals surface area contributed by atoms with Gasteiger partial charge in [-0.05, 0) is 31.4 Å². The van der Waals surface area contributed by atoms with Crippen LogP contribution in [0.1, 0.15) is 46.2 Å². The molecule has 1 fully saturated rings. The lowest BCUT2D eigenvalue weighted by atomic mass is 10.00. The molecular weight excluding hydrogens is 422 g/mol. The molecular formula is C23H24F2N2O5. The third-order valence-corrected chi connectivity index (χ3v) is 6.50. The van der Waals surface area contributed by atoms with Crippen LogP contribution in [0.4, 0.5) is 8.78 Å². The van der Waals surface area contributed by atoms with Crippen LogP contribution in [-0.2, 0) is 16.7 Å². The van der Waals surface area contributed by atoms with Crippen LogP contribution in [-0.4, -0.2) is 53.1 Å². The summed E-state index contributed by atoms with van der Waals surface area (Å²) < 4.78 is 33.8. The van der Waals surface area contributed by atoms with Crippen LogP contribution in [0.2, 0.25) is 0 Å². The van der Waals surface area contributed by atoms with Crippen molar-refractivity contribution in [1.29, 1.82) is 0 Å². The molecule has 0 radical (unpaired) electrons. The largest absolute Gasteiger partial charge is 0.503 e. The maximum Gasteiger partial charge on any atom is 0.274 e. The number of ether oxygens (including phenoxy) is 1. The molecule has 0 saturated heterocycles. The van der Waals surface area contributed by atoms with Crippen LogP contribution in [0.15, 0.2) is 29.2 Å². The summed E-state index contributed by atoms with van der Waals surface area (Å²) in [5.41, 5.74) is -1.71. The van der Waals surface area contributed by atoms with Crippen molar-refractivity contribution in [3.8, 4) is 5.75 Å². The molecule has 0 bridgehead atoms. The van der Waals surface area contributed by atoms with Crippen molar-refractivity contribution in [1.82, 2.24) is 9.47 Å². The van der Waals surface area contributed by atoms with Gasteiger partial charge >= 0.3 is 0 Å². The number of Topliss-reactive ketones (excluding diaryl/α,β-unsaturated/α-hetero) is 1. The van der Waals surface area contributed by atoms with E-state index in [4.69, 9.17) is 4.74 Å². The molecule has 1 amide bonds. The highest BCUT2D eigenvalue weighted by atomic mass is 19.1. The SMILES string of the molecule is CCN1C[C@]2(C[C@H]2COC)n2cc(C(=O)CCc3ccc(F)cc3F)c(=O)c(O)c2C1=O. The Balaban J connectivity index is 1.70. The molecule has 32 heavy (non-hydrogen) atoms. The van der Waals surface area contributed by atoms with E-state index in [0.717, 1.165) is 12.1 Å². The summed E-state index contributed by atoms with van der Waals surface area (Å²) in [5.74, 6) is -3.24. The molecule has 2 atom stereocenters. The van der Waals surface area contributed by atoms with Gasteiger partial charge in [0.1, 0.15) is 11.6 Å². The first-order valence-electron chi connectivity index (χ1n) is 10.5. The first-order valence-corrected chi connectivity index (χ1v) is 10.5. The Morgan fingerprint density at radius 3 is 2.72 bits per heavy atom. The van der Waals surface area contributed by atoms with Gasteiger partial charge in [0, 0.05) is 44.8 Å². The molecule has 2 heterocycles. The van der Waals surface area contributed by atoms with E-state index >= 15 is 0 Å². The van der Waals surface area contributed by atoms with Crippen LogP contribution >= 0.6 is 0 Å². The number of hydrogen-bond acceptors (Lipinski definition) is 5. The number of nitrogens with zero attached hydrogens (tertiary/aromatic N) is 2. The molecule has 0 unspecified atom stereocenters. The summed E-state index contributed by atoms with van der Waals surface area (Å²) in [5, 5.41) is 10.6. The third-order valence-electron chi connectivity index (χ3n) is 6.50. The van der Waals surface area contributed by atoms with Crippen molar-refractivity contribution in [2.24, 2.45) is 5.92 Å². The lowest BCUT2D eigenvalue weighted by molar-refractivity contribution is 0.0622. The van der Waals surface area contributed by atoms with Crippen LogP contribution in [0.3, 0.4) is 0 Å². The van der Waals surface area contributed by atoms with Crippen molar-refractivity contribution in [3.05, 3.63) is 63.1 Å². The number of methoxy groups -OCH3 is 1. The number of rotatable bonds is 7. The van der Waals surface area contributed by atoms with Gasteiger partial charge in [0.25, 0.3) is 5.91 Å². The molecule has 2 aliphatic rings. The summed E-state index contributed by atoms with van der Waals surface area (Å²) >= 11 is 0. The van der Waals surface area contributed by atoms with Crippen molar-refractivity contribution >= 4 is 11.7 Å². The predicted octanol–water partition coefficient (Wildman–Crippen LogP) is 2.48. The number of benzene rings is 1. The van der Waals surface area contributed by atoms with Gasteiger partial charge in [0.15, 0.2) is 17.2 Å². The number of ketones is 1. The highest BCUT2D eigenvalue weighted by Crippen LogP contribution is 2.54. The number of aromatic nitrogens is 1. The number of hydrogen-bond donors (Lipinski definition) is 1. The Kier molecular flexibility index (Phi) is 5.62. The van der Waals surface area contributed by atoms with Gasteiger partial charge in [0.05, 0.1) is 17.7 Å². The molecule has 9 heteroatoms. The minimum Gasteiger partial charge on any atom is -0.503 e. The van der Waals surface area contributed by atoms with Gasteiger partial charge in [-0.2, -0.15) is 0 Å². The Morgan fingerprint density at radius 2 is 2.06 bits per heavy atom. The summed E-state index contributed by atoms with van der Waals surface area (Å²) in [4.78, 5) is 40.1. The van der Waals surface area contributed by atoms with E-state index in [9.17, 15) is 28.3 Å². The van der Waals surface area contributed by atoms with Crippen molar-refractivity contribution in [2.45, 2.75) is 31.7 Å². The van der Waals surface area contributed by atoms with Crippen LogP contribution < -0.4 is 5.43 Å². The zero-order valence-corrected chi connectivity index (χ0v) is 17.9. The number of halogens is 2. The Morgan fingerprint density at radius 1 is 1.31 bits per heavy atom. The summed E-state index contributed by atoms with van der Waals surface area (Å²) in [6, 6.07) is 3.08. The van der Waals surface area contributed by atoms with Crippen LogP contribution in [0, 0.1) is 17.6 Å². The van der Waals surface area contributed by atoms with Gasteiger partial charge in [-0.15, -0.1) is 0 Å². The van der Waals surface area contributed by atoms with Crippen molar-refractivity contribution in [3.63, 3.8) is 0 Å². The number of amides is 1. The number of aromatic hydroxyl groups is 1. The van der Waals surface area contributed by atoms with E-state index in [1.165, 1.54) is 12.3 Å². The van der Waals surface area contributed by atoms with Gasteiger partial charge < -0.3 is 19.3 Å². The topological polar surface area (TPSA) is 88.8 Å². The molecule has 1 aliphatic carbocycles.